The Morgan fingerprint density at radius 3 is 2.34 bits per heavy atom. The zero-order valence-electron chi connectivity index (χ0n) is 17.2. The van der Waals surface area contributed by atoms with E-state index in [1.54, 1.807) is 20.8 Å². The number of alkyl halides is 1. The second kappa shape index (κ2) is 10.5. The minimum Gasteiger partial charge on any atom is -0.444 e. The van der Waals surface area contributed by atoms with E-state index >= 15 is 0 Å². The third-order valence-electron chi connectivity index (χ3n) is 4.51. The number of halogens is 1. The molecule has 0 heterocycles. The minimum absolute atomic E-state index is 0.00944. The van der Waals surface area contributed by atoms with Gasteiger partial charge in [0.1, 0.15) is 17.5 Å². The van der Waals surface area contributed by atoms with Crippen LogP contribution >= 0.6 is 11.6 Å². The van der Waals surface area contributed by atoms with Crippen LogP contribution in [0.2, 0.25) is 0 Å². The number of carbonyl (C=O) groups is 3. The van der Waals surface area contributed by atoms with Crippen molar-refractivity contribution >= 4 is 29.5 Å². The van der Waals surface area contributed by atoms with Crippen molar-refractivity contribution in [3.8, 4) is 0 Å². The number of ether oxygens (including phenoxy) is 1. The molecule has 0 bridgehead atoms. The number of hydrogen-bond donors (Lipinski definition) is 3. The van der Waals surface area contributed by atoms with Crippen molar-refractivity contribution < 1.29 is 19.1 Å². The van der Waals surface area contributed by atoms with E-state index < -0.39 is 23.6 Å². The van der Waals surface area contributed by atoms with E-state index in [1.807, 2.05) is 12.1 Å². The van der Waals surface area contributed by atoms with Gasteiger partial charge in [0.05, 0.1) is 0 Å². The van der Waals surface area contributed by atoms with Crippen LogP contribution in [0.3, 0.4) is 0 Å². The Bertz CT molecular complexity index is 708. The van der Waals surface area contributed by atoms with Crippen LogP contribution in [-0.4, -0.2) is 48.0 Å². The first-order chi connectivity index (χ1) is 13.7. The maximum atomic E-state index is 12.7. The first-order valence-electron chi connectivity index (χ1n) is 9.87. The first-order valence-corrected chi connectivity index (χ1v) is 10.4. The Kier molecular flexibility index (Phi) is 8.32. The molecule has 1 aromatic rings. The molecule has 7 nitrogen and oxygen atoms in total. The zero-order valence-corrected chi connectivity index (χ0v) is 18.0. The first kappa shape index (κ1) is 23.0. The smallest absolute Gasteiger partial charge is 0.407 e. The molecule has 29 heavy (non-hydrogen) atoms. The molecule has 3 N–H and O–H groups in total. The van der Waals surface area contributed by atoms with E-state index in [0.29, 0.717) is 19.4 Å². The molecular formula is C21H30ClN3O4. The fourth-order valence-corrected chi connectivity index (χ4v) is 3.35. The summed E-state index contributed by atoms with van der Waals surface area (Å²) in [6.45, 7) is 5.70. The molecule has 0 saturated carbocycles. The number of fused-ring (bicyclic) bond motifs is 1. The molecule has 0 saturated heterocycles. The van der Waals surface area contributed by atoms with Crippen LogP contribution in [0.25, 0.3) is 0 Å². The Morgan fingerprint density at radius 1 is 1.17 bits per heavy atom. The number of alkyl carbamates (subject to hydrolysis) is 1. The van der Waals surface area contributed by atoms with Crippen molar-refractivity contribution in [1.82, 2.24) is 16.0 Å². The number of carbonyl (C=O) groups excluding carboxylic acids is 3. The van der Waals surface area contributed by atoms with Crippen LogP contribution in [0.4, 0.5) is 4.79 Å². The molecule has 3 amide bonds. The highest BCUT2D eigenvalue weighted by Crippen LogP contribution is 2.21. The van der Waals surface area contributed by atoms with Crippen LogP contribution in [0.1, 0.15) is 44.7 Å². The summed E-state index contributed by atoms with van der Waals surface area (Å²) in [6, 6.07) is 7.42. The van der Waals surface area contributed by atoms with Crippen LogP contribution in [-0.2, 0) is 27.2 Å². The molecule has 1 aliphatic rings. The lowest BCUT2D eigenvalue weighted by Crippen LogP contribution is -2.50. The molecule has 0 aromatic heterocycles. The van der Waals surface area contributed by atoms with Crippen molar-refractivity contribution in [1.29, 1.82) is 0 Å². The fraction of sp³-hybridized carbons (Fsp3) is 0.571. The lowest BCUT2D eigenvalue weighted by Gasteiger charge is -2.22. The van der Waals surface area contributed by atoms with Crippen molar-refractivity contribution in [2.45, 2.75) is 64.1 Å². The van der Waals surface area contributed by atoms with E-state index in [2.05, 4.69) is 28.1 Å². The average molecular weight is 424 g/mol. The van der Waals surface area contributed by atoms with Crippen molar-refractivity contribution in [2.24, 2.45) is 0 Å². The fourth-order valence-electron chi connectivity index (χ4n) is 3.28. The summed E-state index contributed by atoms with van der Waals surface area (Å²) in [7, 11) is 0. The number of benzene rings is 1. The maximum Gasteiger partial charge on any atom is 0.407 e. The van der Waals surface area contributed by atoms with Crippen molar-refractivity contribution in [2.75, 3.05) is 12.4 Å². The molecule has 1 aromatic carbocycles. The monoisotopic (exact) mass is 423 g/mol. The van der Waals surface area contributed by atoms with Gasteiger partial charge in [-0.3, -0.25) is 9.59 Å². The lowest BCUT2D eigenvalue weighted by atomic mass is 10.1. The molecule has 0 aliphatic heterocycles. The van der Waals surface area contributed by atoms with Gasteiger partial charge in [0.2, 0.25) is 11.8 Å². The van der Waals surface area contributed by atoms with Gasteiger partial charge in [0.15, 0.2) is 0 Å². The Labute approximate surface area is 176 Å². The van der Waals surface area contributed by atoms with Gasteiger partial charge >= 0.3 is 6.09 Å². The summed E-state index contributed by atoms with van der Waals surface area (Å²) in [4.78, 5) is 36.2. The molecular weight excluding hydrogens is 394 g/mol. The zero-order chi connectivity index (χ0) is 21.4. The molecule has 0 radical (unpaired) electrons. The topological polar surface area (TPSA) is 96.5 Å². The van der Waals surface area contributed by atoms with Crippen LogP contribution < -0.4 is 16.0 Å². The van der Waals surface area contributed by atoms with Crippen LogP contribution in [0, 0.1) is 0 Å². The third-order valence-corrected chi connectivity index (χ3v) is 4.75. The Balaban J connectivity index is 1.83. The normalized spacial score (nSPS) is 14.6. The predicted octanol–water partition coefficient (Wildman–Crippen LogP) is 2.30. The molecule has 8 heteroatoms. The standard InChI is InChI=1S/C21H30ClN3O4/c1-21(2,3)29-20(28)23-10-6-9-17(25-18(26)13-22)19(27)24-16-11-14-7-4-5-8-15(14)12-16/h4-5,7-8,16-17H,6,9-13H2,1-3H3,(H,23,28)(H,24,27)(H,25,26). The number of rotatable bonds is 8. The SMILES string of the molecule is CC(C)(C)OC(=O)NCCCC(NC(=O)CCl)C(=O)NC1Cc2ccccc2C1. The molecule has 1 atom stereocenters. The van der Waals surface area contributed by atoms with Crippen LogP contribution in [0.15, 0.2) is 24.3 Å². The molecule has 1 aliphatic carbocycles. The molecule has 160 valence electrons. The second-order valence-corrected chi connectivity index (χ2v) is 8.47. The van der Waals surface area contributed by atoms with Gasteiger partial charge in [-0.05, 0) is 57.6 Å². The van der Waals surface area contributed by atoms with E-state index in [-0.39, 0.29) is 17.8 Å². The molecule has 0 fully saturated rings. The molecule has 0 spiro atoms. The molecule has 2 rings (SSSR count). The highest BCUT2D eigenvalue weighted by Gasteiger charge is 2.27. The van der Waals surface area contributed by atoms with E-state index in [9.17, 15) is 14.4 Å². The number of amides is 3. The quantitative estimate of drug-likeness (QED) is 0.441. The van der Waals surface area contributed by atoms with Crippen molar-refractivity contribution in [3.63, 3.8) is 0 Å². The Hall–Kier alpha value is -2.28. The van der Waals surface area contributed by atoms with E-state index in [1.165, 1.54) is 11.1 Å². The van der Waals surface area contributed by atoms with Gasteiger partial charge in [0, 0.05) is 12.6 Å². The summed E-state index contributed by atoms with van der Waals surface area (Å²) in [5.41, 5.74) is 1.90. The Morgan fingerprint density at radius 2 is 1.79 bits per heavy atom. The highest BCUT2D eigenvalue weighted by atomic mass is 35.5. The summed E-state index contributed by atoms with van der Waals surface area (Å²) in [5.74, 6) is -0.852. The van der Waals surface area contributed by atoms with Gasteiger partial charge in [-0.25, -0.2) is 4.79 Å². The van der Waals surface area contributed by atoms with E-state index in [0.717, 1.165) is 12.8 Å². The van der Waals surface area contributed by atoms with Gasteiger partial charge < -0.3 is 20.7 Å². The lowest BCUT2D eigenvalue weighted by molar-refractivity contribution is -0.128. The summed E-state index contributed by atoms with van der Waals surface area (Å²) in [6.07, 6.45) is 1.93. The summed E-state index contributed by atoms with van der Waals surface area (Å²) in [5, 5.41) is 8.34. The third kappa shape index (κ3) is 7.93. The van der Waals surface area contributed by atoms with Gasteiger partial charge in [-0.2, -0.15) is 0 Å². The summed E-state index contributed by atoms with van der Waals surface area (Å²) >= 11 is 5.58. The number of hydrogen-bond acceptors (Lipinski definition) is 4. The maximum absolute atomic E-state index is 12.7. The predicted molar refractivity (Wildman–Crippen MR) is 112 cm³/mol. The average Bonchev–Trinajstić information content (AvgIpc) is 3.04. The number of nitrogens with one attached hydrogen (secondary N) is 3. The van der Waals surface area contributed by atoms with Crippen LogP contribution in [0.5, 0.6) is 0 Å². The van der Waals surface area contributed by atoms with Gasteiger partial charge in [-0.1, -0.05) is 24.3 Å². The van der Waals surface area contributed by atoms with Gasteiger partial charge in [-0.15, -0.1) is 11.6 Å². The largest absolute Gasteiger partial charge is 0.444 e. The minimum atomic E-state index is -0.703. The van der Waals surface area contributed by atoms with E-state index in [4.69, 9.17) is 16.3 Å². The van der Waals surface area contributed by atoms with Gasteiger partial charge in [0.25, 0.3) is 0 Å². The highest BCUT2D eigenvalue weighted by molar-refractivity contribution is 6.27. The summed E-state index contributed by atoms with van der Waals surface area (Å²) < 4.78 is 5.18. The second-order valence-electron chi connectivity index (χ2n) is 8.21. The van der Waals surface area contributed by atoms with Crippen molar-refractivity contribution in [3.05, 3.63) is 35.4 Å². The molecule has 1 unspecified atom stereocenters.